The van der Waals surface area contributed by atoms with E-state index in [0.717, 1.165) is 6.42 Å². The first-order valence-electron chi connectivity index (χ1n) is 8.18. The number of hydrogen-bond acceptors (Lipinski definition) is 4. The number of carbonyl (C=O) groups excluding carboxylic acids is 2. The molecule has 0 aliphatic carbocycles. The van der Waals surface area contributed by atoms with E-state index in [2.05, 4.69) is 10.6 Å². The fourth-order valence-corrected chi connectivity index (χ4v) is 2.36. The van der Waals surface area contributed by atoms with Gasteiger partial charge in [-0.05, 0) is 49.7 Å². The Hall–Kier alpha value is -3.02. The molecule has 0 fully saturated rings. The molecule has 0 aromatic heterocycles. The minimum atomic E-state index is -0.257. The summed E-state index contributed by atoms with van der Waals surface area (Å²) in [4.78, 5) is 24.4. The second-order valence-corrected chi connectivity index (χ2v) is 5.88. The molecule has 0 spiro atoms. The van der Waals surface area contributed by atoms with Gasteiger partial charge in [0.25, 0.3) is 11.8 Å². The van der Waals surface area contributed by atoms with Gasteiger partial charge in [0, 0.05) is 28.9 Å². The number of nitrogens with one attached hydrogen (secondary N) is 2. The summed E-state index contributed by atoms with van der Waals surface area (Å²) >= 11 is 0. The molecule has 25 heavy (non-hydrogen) atoms. The Bertz CT molecular complexity index is 787. The zero-order valence-corrected chi connectivity index (χ0v) is 14.2. The van der Waals surface area contributed by atoms with Gasteiger partial charge in [-0.1, -0.05) is 6.92 Å². The van der Waals surface area contributed by atoms with Gasteiger partial charge in [-0.3, -0.25) is 9.59 Å². The highest BCUT2D eigenvalue weighted by Gasteiger charge is 2.15. The summed E-state index contributed by atoms with van der Waals surface area (Å²) in [5.74, 6) is 0.870. The van der Waals surface area contributed by atoms with Crippen molar-refractivity contribution in [3.8, 4) is 11.5 Å². The Morgan fingerprint density at radius 3 is 2.32 bits per heavy atom. The molecule has 3 rings (SSSR count). The molecular weight excluding hydrogens is 320 g/mol. The van der Waals surface area contributed by atoms with E-state index >= 15 is 0 Å². The molecule has 1 heterocycles. The Morgan fingerprint density at radius 2 is 1.64 bits per heavy atom. The highest BCUT2D eigenvalue weighted by atomic mass is 16.7. The summed E-state index contributed by atoms with van der Waals surface area (Å²) in [5, 5.41) is 5.70. The Kier molecular flexibility index (Phi) is 4.88. The summed E-state index contributed by atoms with van der Waals surface area (Å²) in [6, 6.07) is 11.9. The van der Waals surface area contributed by atoms with Crippen LogP contribution >= 0.6 is 0 Å². The summed E-state index contributed by atoms with van der Waals surface area (Å²) in [5.41, 5.74) is 1.62. The van der Waals surface area contributed by atoms with Crippen LogP contribution in [0.1, 0.15) is 41.0 Å². The summed E-state index contributed by atoms with van der Waals surface area (Å²) in [6.45, 7) is 4.15. The van der Waals surface area contributed by atoms with E-state index in [1.54, 1.807) is 42.5 Å². The van der Waals surface area contributed by atoms with Crippen LogP contribution < -0.4 is 20.1 Å². The van der Waals surface area contributed by atoms with Crippen molar-refractivity contribution in [1.29, 1.82) is 0 Å². The van der Waals surface area contributed by atoms with Crippen LogP contribution in [0.25, 0.3) is 0 Å². The number of ether oxygens (including phenoxy) is 2. The number of carbonyl (C=O) groups is 2. The van der Waals surface area contributed by atoms with Crippen molar-refractivity contribution in [2.24, 2.45) is 0 Å². The first-order valence-corrected chi connectivity index (χ1v) is 8.18. The average molecular weight is 340 g/mol. The third-order valence-electron chi connectivity index (χ3n) is 4.03. The molecule has 2 aromatic rings. The van der Waals surface area contributed by atoms with Gasteiger partial charge in [0.2, 0.25) is 6.79 Å². The molecule has 1 unspecified atom stereocenters. The Morgan fingerprint density at radius 1 is 1.00 bits per heavy atom. The molecule has 6 nitrogen and oxygen atoms in total. The van der Waals surface area contributed by atoms with Crippen LogP contribution in [0.4, 0.5) is 5.69 Å². The van der Waals surface area contributed by atoms with Crippen molar-refractivity contribution in [2.75, 3.05) is 12.1 Å². The van der Waals surface area contributed by atoms with Gasteiger partial charge in [-0.2, -0.15) is 0 Å². The van der Waals surface area contributed by atoms with Crippen LogP contribution in [0, 0.1) is 0 Å². The largest absolute Gasteiger partial charge is 0.454 e. The fraction of sp³-hybridized carbons (Fsp3) is 0.263. The van der Waals surface area contributed by atoms with Gasteiger partial charge in [0.1, 0.15) is 0 Å². The van der Waals surface area contributed by atoms with Crippen LogP contribution in [0.3, 0.4) is 0 Å². The predicted octanol–water partition coefficient (Wildman–Crippen LogP) is 3.20. The first kappa shape index (κ1) is 16.8. The molecule has 1 atom stereocenters. The number of amides is 2. The van der Waals surface area contributed by atoms with Gasteiger partial charge in [0.15, 0.2) is 11.5 Å². The lowest BCUT2D eigenvalue weighted by Gasteiger charge is -2.11. The molecule has 1 aliphatic heterocycles. The molecule has 0 radical (unpaired) electrons. The molecule has 1 aliphatic rings. The quantitative estimate of drug-likeness (QED) is 0.876. The van der Waals surface area contributed by atoms with Crippen LogP contribution in [-0.4, -0.2) is 24.6 Å². The molecule has 6 heteroatoms. The lowest BCUT2D eigenvalue weighted by molar-refractivity contribution is 0.0937. The normalized spacial score (nSPS) is 13.2. The molecule has 2 N–H and O–H groups in total. The van der Waals surface area contributed by atoms with Crippen LogP contribution in [0.5, 0.6) is 11.5 Å². The maximum Gasteiger partial charge on any atom is 0.255 e. The molecule has 2 aromatic carbocycles. The van der Waals surface area contributed by atoms with E-state index in [1.165, 1.54) is 0 Å². The molecule has 0 saturated heterocycles. The Labute approximate surface area is 146 Å². The molecule has 0 saturated carbocycles. The smallest absolute Gasteiger partial charge is 0.255 e. The van der Waals surface area contributed by atoms with Crippen molar-refractivity contribution in [1.82, 2.24) is 5.32 Å². The van der Waals surface area contributed by atoms with Crippen LogP contribution in [0.15, 0.2) is 42.5 Å². The van der Waals surface area contributed by atoms with Crippen molar-refractivity contribution in [2.45, 2.75) is 26.3 Å². The minimum Gasteiger partial charge on any atom is -0.454 e. The Balaban J connectivity index is 1.65. The van der Waals surface area contributed by atoms with E-state index in [1.807, 2.05) is 13.8 Å². The summed E-state index contributed by atoms with van der Waals surface area (Å²) in [7, 11) is 0. The second kappa shape index (κ2) is 7.25. The maximum atomic E-state index is 12.3. The summed E-state index contributed by atoms with van der Waals surface area (Å²) in [6.07, 6.45) is 0.863. The SMILES string of the molecule is CCC(C)NC(=O)c1ccc(C(=O)Nc2ccc3c(c2)OCO3)cc1. The van der Waals surface area contributed by atoms with E-state index in [4.69, 9.17) is 9.47 Å². The summed E-state index contributed by atoms with van der Waals surface area (Å²) < 4.78 is 10.5. The van der Waals surface area contributed by atoms with Crippen LogP contribution in [-0.2, 0) is 0 Å². The minimum absolute atomic E-state index is 0.112. The van der Waals surface area contributed by atoms with Gasteiger partial charge < -0.3 is 20.1 Å². The predicted molar refractivity (Wildman–Crippen MR) is 94.2 cm³/mol. The zero-order chi connectivity index (χ0) is 17.8. The van der Waals surface area contributed by atoms with Crippen molar-refractivity contribution >= 4 is 17.5 Å². The van der Waals surface area contributed by atoms with E-state index in [-0.39, 0.29) is 24.6 Å². The van der Waals surface area contributed by atoms with Gasteiger partial charge in [-0.15, -0.1) is 0 Å². The fourth-order valence-electron chi connectivity index (χ4n) is 2.36. The zero-order valence-electron chi connectivity index (χ0n) is 14.2. The maximum absolute atomic E-state index is 12.3. The van der Waals surface area contributed by atoms with Crippen molar-refractivity contribution in [3.63, 3.8) is 0 Å². The molecule has 0 bridgehead atoms. The third-order valence-corrected chi connectivity index (χ3v) is 4.03. The monoisotopic (exact) mass is 340 g/mol. The van der Waals surface area contributed by atoms with E-state index < -0.39 is 0 Å². The standard InChI is InChI=1S/C19H20N2O4/c1-3-12(2)20-18(22)13-4-6-14(7-5-13)19(23)21-15-8-9-16-17(10-15)25-11-24-16/h4-10,12H,3,11H2,1-2H3,(H,20,22)(H,21,23). The number of anilines is 1. The molecule has 130 valence electrons. The number of rotatable bonds is 5. The van der Waals surface area contributed by atoms with Gasteiger partial charge in [0.05, 0.1) is 0 Å². The lowest BCUT2D eigenvalue weighted by Crippen LogP contribution is -2.31. The first-order chi connectivity index (χ1) is 12.1. The van der Waals surface area contributed by atoms with Gasteiger partial charge >= 0.3 is 0 Å². The molecular formula is C19H20N2O4. The topological polar surface area (TPSA) is 76.7 Å². The second-order valence-electron chi connectivity index (χ2n) is 5.88. The van der Waals surface area contributed by atoms with E-state index in [0.29, 0.717) is 28.3 Å². The van der Waals surface area contributed by atoms with Crippen molar-refractivity contribution < 1.29 is 19.1 Å². The number of fused-ring (bicyclic) bond motifs is 1. The van der Waals surface area contributed by atoms with E-state index in [9.17, 15) is 9.59 Å². The third kappa shape index (κ3) is 3.91. The highest BCUT2D eigenvalue weighted by Crippen LogP contribution is 2.34. The number of hydrogen-bond donors (Lipinski definition) is 2. The van der Waals surface area contributed by atoms with Crippen LogP contribution in [0.2, 0.25) is 0 Å². The van der Waals surface area contributed by atoms with Gasteiger partial charge in [-0.25, -0.2) is 0 Å². The highest BCUT2D eigenvalue weighted by molar-refractivity contribution is 6.05. The number of benzene rings is 2. The average Bonchev–Trinajstić information content (AvgIpc) is 3.09. The molecule has 2 amide bonds. The lowest BCUT2D eigenvalue weighted by atomic mass is 10.1. The van der Waals surface area contributed by atoms with Crippen molar-refractivity contribution in [3.05, 3.63) is 53.6 Å².